The quantitative estimate of drug-likeness (QED) is 0.746. The summed E-state index contributed by atoms with van der Waals surface area (Å²) < 4.78 is 14.1. The molecule has 30 heavy (non-hydrogen) atoms. The fraction of sp³-hybridized carbons (Fsp3) is 0.440. The van der Waals surface area contributed by atoms with Crippen molar-refractivity contribution in [2.45, 2.75) is 32.1 Å². The minimum atomic E-state index is -0.605. The van der Waals surface area contributed by atoms with Gasteiger partial charge in [-0.2, -0.15) is 0 Å². The fourth-order valence-electron chi connectivity index (χ4n) is 4.67. The second-order valence-electron chi connectivity index (χ2n) is 8.97. The summed E-state index contributed by atoms with van der Waals surface area (Å²) in [5.41, 5.74) is 1.82. The van der Waals surface area contributed by atoms with Crippen LogP contribution in [0.4, 0.5) is 4.39 Å². The lowest BCUT2D eigenvalue weighted by Crippen LogP contribution is -2.54. The lowest BCUT2D eigenvalue weighted by molar-refractivity contribution is -0.147. The molecule has 1 saturated carbocycles. The first-order valence-corrected chi connectivity index (χ1v) is 10.7. The summed E-state index contributed by atoms with van der Waals surface area (Å²) in [6, 6.07) is 14.5. The molecule has 2 amide bonds. The van der Waals surface area contributed by atoms with Crippen molar-refractivity contribution in [2.24, 2.45) is 11.3 Å². The van der Waals surface area contributed by atoms with Gasteiger partial charge in [0.1, 0.15) is 5.82 Å². The van der Waals surface area contributed by atoms with Crippen LogP contribution in [0.5, 0.6) is 0 Å². The summed E-state index contributed by atoms with van der Waals surface area (Å²) in [5.74, 6) is 0.204. The van der Waals surface area contributed by atoms with E-state index in [4.69, 9.17) is 0 Å². The number of halogens is 1. The molecule has 1 aliphatic carbocycles. The number of nitrogens with zero attached hydrogens (tertiary/aromatic N) is 2. The highest BCUT2D eigenvalue weighted by atomic mass is 19.1. The molecule has 2 aromatic rings. The normalized spacial score (nSPS) is 21.4. The number of rotatable bonds is 5. The minimum Gasteiger partial charge on any atom is -0.348 e. The van der Waals surface area contributed by atoms with Gasteiger partial charge in [-0.25, -0.2) is 4.39 Å². The van der Waals surface area contributed by atoms with Gasteiger partial charge >= 0.3 is 0 Å². The molecule has 2 aromatic carbocycles. The predicted octanol–water partition coefficient (Wildman–Crippen LogP) is 4.14. The summed E-state index contributed by atoms with van der Waals surface area (Å²) >= 11 is 0. The molecular weight excluding hydrogens is 379 g/mol. The molecule has 0 unspecified atom stereocenters. The zero-order valence-electron chi connectivity index (χ0n) is 17.7. The Morgan fingerprint density at radius 1 is 1.10 bits per heavy atom. The monoisotopic (exact) mass is 408 g/mol. The summed E-state index contributed by atoms with van der Waals surface area (Å²) in [6.07, 6.45) is 4.14. The summed E-state index contributed by atoms with van der Waals surface area (Å²) in [6.45, 7) is 1.22. The van der Waals surface area contributed by atoms with Crippen LogP contribution in [0.3, 0.4) is 0 Å². The largest absolute Gasteiger partial charge is 0.348 e. The van der Waals surface area contributed by atoms with Gasteiger partial charge in [0.2, 0.25) is 11.8 Å². The van der Waals surface area contributed by atoms with E-state index in [9.17, 15) is 14.0 Å². The van der Waals surface area contributed by atoms with Crippen LogP contribution in [0.1, 0.15) is 31.2 Å². The van der Waals surface area contributed by atoms with Crippen molar-refractivity contribution in [1.29, 1.82) is 0 Å². The first-order chi connectivity index (χ1) is 14.4. The molecule has 0 N–H and O–H groups in total. The second kappa shape index (κ2) is 8.21. The first kappa shape index (κ1) is 20.6. The van der Waals surface area contributed by atoms with Gasteiger partial charge in [-0.15, -0.1) is 0 Å². The van der Waals surface area contributed by atoms with Gasteiger partial charge in [-0.3, -0.25) is 9.59 Å². The van der Waals surface area contributed by atoms with Gasteiger partial charge in [0.25, 0.3) is 0 Å². The van der Waals surface area contributed by atoms with Crippen LogP contribution in [0, 0.1) is 17.2 Å². The number of carbonyl (C=O) groups is 2. The van der Waals surface area contributed by atoms with Gasteiger partial charge in [0.05, 0.1) is 5.41 Å². The Bertz CT molecular complexity index is 936. The first-order valence-electron chi connectivity index (χ1n) is 10.7. The van der Waals surface area contributed by atoms with E-state index in [-0.39, 0.29) is 23.5 Å². The molecule has 0 aromatic heterocycles. The van der Waals surface area contributed by atoms with Crippen molar-refractivity contribution in [1.82, 2.24) is 9.80 Å². The maximum absolute atomic E-state index is 14.1. The van der Waals surface area contributed by atoms with E-state index in [0.29, 0.717) is 18.5 Å². The number of piperidine rings is 1. The van der Waals surface area contributed by atoms with E-state index >= 15 is 0 Å². The zero-order valence-corrected chi connectivity index (χ0v) is 17.7. The highest BCUT2D eigenvalue weighted by Gasteiger charge is 2.46. The van der Waals surface area contributed by atoms with Gasteiger partial charge in [0.15, 0.2) is 0 Å². The molecule has 2 aliphatic rings. The zero-order chi connectivity index (χ0) is 21.3. The van der Waals surface area contributed by atoms with Gasteiger partial charge in [-0.1, -0.05) is 42.5 Å². The third-order valence-electron chi connectivity index (χ3n) is 6.36. The van der Waals surface area contributed by atoms with Crippen molar-refractivity contribution in [3.05, 3.63) is 59.9 Å². The smallest absolute Gasteiger partial charge is 0.230 e. The molecule has 1 saturated heterocycles. The minimum absolute atomic E-state index is 0.0778. The van der Waals surface area contributed by atoms with E-state index in [2.05, 4.69) is 0 Å². The van der Waals surface area contributed by atoms with E-state index in [1.54, 1.807) is 31.1 Å². The summed E-state index contributed by atoms with van der Waals surface area (Å²) in [4.78, 5) is 29.5. The Morgan fingerprint density at radius 2 is 1.80 bits per heavy atom. The molecule has 1 heterocycles. The molecule has 4 nitrogen and oxygen atoms in total. The van der Waals surface area contributed by atoms with Gasteiger partial charge in [-0.05, 0) is 49.3 Å². The standard InChI is InChI=1S/C25H29FN2O2/c1-27(2)24(30)25(14-5-15-28(17-25)23(29)20-12-13-20)16-18-8-10-19(11-9-18)21-6-3-4-7-22(21)26/h3-4,6-11,20H,5,12-17H2,1-2H3/t25-/m0/s1. The van der Waals surface area contributed by atoms with E-state index < -0.39 is 5.41 Å². The maximum atomic E-state index is 14.1. The van der Waals surface area contributed by atoms with Crippen molar-refractivity contribution < 1.29 is 14.0 Å². The number of hydrogen-bond donors (Lipinski definition) is 0. The van der Waals surface area contributed by atoms with Gasteiger partial charge < -0.3 is 9.80 Å². The van der Waals surface area contributed by atoms with E-state index in [1.807, 2.05) is 35.2 Å². The highest BCUT2D eigenvalue weighted by Crippen LogP contribution is 2.39. The Morgan fingerprint density at radius 3 is 2.43 bits per heavy atom. The maximum Gasteiger partial charge on any atom is 0.230 e. The van der Waals surface area contributed by atoms with Crippen LogP contribution in [0.2, 0.25) is 0 Å². The fourth-order valence-corrected chi connectivity index (χ4v) is 4.67. The molecule has 158 valence electrons. The lowest BCUT2D eigenvalue weighted by Gasteiger charge is -2.43. The van der Waals surface area contributed by atoms with E-state index in [0.717, 1.165) is 43.4 Å². The molecular formula is C25H29FN2O2. The molecule has 0 bridgehead atoms. The lowest BCUT2D eigenvalue weighted by atomic mass is 9.73. The third kappa shape index (κ3) is 4.11. The average molecular weight is 409 g/mol. The Labute approximate surface area is 177 Å². The summed E-state index contributed by atoms with van der Waals surface area (Å²) in [7, 11) is 3.57. The molecule has 1 atom stereocenters. The van der Waals surface area contributed by atoms with Crippen LogP contribution >= 0.6 is 0 Å². The molecule has 0 spiro atoms. The van der Waals surface area contributed by atoms with Crippen LogP contribution in [-0.2, 0) is 16.0 Å². The van der Waals surface area contributed by atoms with Crippen LogP contribution in [0.25, 0.3) is 11.1 Å². The SMILES string of the molecule is CN(C)C(=O)[C@]1(Cc2ccc(-c3ccccc3F)cc2)CCCN(C(=O)C2CC2)C1. The Kier molecular flexibility index (Phi) is 5.63. The summed E-state index contributed by atoms with van der Waals surface area (Å²) in [5, 5.41) is 0. The Balaban J connectivity index is 1.58. The molecule has 1 aliphatic heterocycles. The highest BCUT2D eigenvalue weighted by molar-refractivity contribution is 5.86. The van der Waals surface area contributed by atoms with Crippen LogP contribution < -0.4 is 0 Å². The molecule has 5 heteroatoms. The molecule has 4 rings (SSSR count). The van der Waals surface area contributed by atoms with Crippen molar-refractivity contribution in [3.8, 4) is 11.1 Å². The Hall–Kier alpha value is -2.69. The van der Waals surface area contributed by atoms with E-state index in [1.165, 1.54) is 6.07 Å². The van der Waals surface area contributed by atoms with Crippen molar-refractivity contribution in [2.75, 3.05) is 27.2 Å². The number of benzene rings is 2. The second-order valence-corrected chi connectivity index (χ2v) is 8.97. The number of likely N-dealkylation sites (tertiary alicyclic amines) is 1. The molecule has 0 radical (unpaired) electrons. The topological polar surface area (TPSA) is 40.6 Å². The van der Waals surface area contributed by atoms with Crippen LogP contribution in [-0.4, -0.2) is 48.8 Å². The number of carbonyl (C=O) groups excluding carboxylic acids is 2. The van der Waals surface area contributed by atoms with Gasteiger partial charge in [0, 0.05) is 38.7 Å². The number of amides is 2. The van der Waals surface area contributed by atoms with Crippen molar-refractivity contribution >= 4 is 11.8 Å². The van der Waals surface area contributed by atoms with Crippen molar-refractivity contribution in [3.63, 3.8) is 0 Å². The number of hydrogen-bond acceptors (Lipinski definition) is 2. The van der Waals surface area contributed by atoms with Crippen LogP contribution in [0.15, 0.2) is 48.5 Å². The predicted molar refractivity (Wildman–Crippen MR) is 115 cm³/mol. The third-order valence-corrected chi connectivity index (χ3v) is 6.36. The molecule has 2 fully saturated rings. The average Bonchev–Trinajstić information content (AvgIpc) is 3.59.